The van der Waals surface area contributed by atoms with E-state index in [0.29, 0.717) is 6.61 Å². The number of nitrogens with zero attached hydrogens (tertiary/aromatic N) is 2. The van der Waals surface area contributed by atoms with Crippen molar-refractivity contribution in [3.05, 3.63) is 12.0 Å². The molecule has 1 aromatic heterocycles. The number of ether oxygens (including phenoxy) is 1. The smallest absolute Gasteiger partial charge is 0.248 e. The molecule has 0 aliphatic carbocycles. The highest BCUT2D eigenvalue weighted by molar-refractivity contribution is 5.12. The Kier molecular flexibility index (Phi) is 1.12. The van der Waals surface area contributed by atoms with Crippen LogP contribution in [0.25, 0.3) is 0 Å². The van der Waals surface area contributed by atoms with Crippen molar-refractivity contribution < 1.29 is 9.13 Å². The first-order valence-corrected chi connectivity index (χ1v) is 3.22. The maximum absolute atomic E-state index is 12.6. The Morgan fingerprint density at radius 3 is 3.40 bits per heavy atom. The Morgan fingerprint density at radius 2 is 2.60 bits per heavy atom. The molecule has 1 aliphatic rings. The van der Waals surface area contributed by atoms with Gasteiger partial charge in [-0.05, 0) is 0 Å². The summed E-state index contributed by atoms with van der Waals surface area (Å²) >= 11 is 0. The SMILES string of the molecule is Fc1cnn2c1OCCC2. The summed E-state index contributed by atoms with van der Waals surface area (Å²) in [5.74, 6) is -0.0778. The molecule has 0 aromatic carbocycles. The Balaban J connectivity index is 2.45. The number of hydrogen-bond donors (Lipinski definition) is 0. The third-order valence-electron chi connectivity index (χ3n) is 1.50. The van der Waals surface area contributed by atoms with Gasteiger partial charge in [-0.2, -0.15) is 9.49 Å². The molecule has 2 heterocycles. The van der Waals surface area contributed by atoms with E-state index in [9.17, 15) is 4.39 Å². The zero-order valence-corrected chi connectivity index (χ0v) is 5.38. The molecule has 0 saturated carbocycles. The molecule has 1 aromatic rings. The number of aromatic nitrogens is 2. The van der Waals surface area contributed by atoms with Crippen LogP contribution in [0.1, 0.15) is 6.42 Å². The van der Waals surface area contributed by atoms with Crippen LogP contribution in [0.15, 0.2) is 6.20 Å². The third kappa shape index (κ3) is 0.683. The summed E-state index contributed by atoms with van der Waals surface area (Å²) in [7, 11) is 0. The average molecular weight is 142 g/mol. The summed E-state index contributed by atoms with van der Waals surface area (Å²) in [4.78, 5) is 0. The minimum atomic E-state index is -0.361. The van der Waals surface area contributed by atoms with Gasteiger partial charge < -0.3 is 4.74 Å². The van der Waals surface area contributed by atoms with E-state index < -0.39 is 0 Å². The Hall–Kier alpha value is -1.06. The monoisotopic (exact) mass is 142 g/mol. The Bertz CT molecular complexity index is 246. The summed E-state index contributed by atoms with van der Waals surface area (Å²) < 4.78 is 19.2. The lowest BCUT2D eigenvalue weighted by Crippen LogP contribution is -2.15. The van der Waals surface area contributed by atoms with E-state index in [1.165, 1.54) is 6.20 Å². The van der Waals surface area contributed by atoms with Crippen LogP contribution in [0.4, 0.5) is 4.39 Å². The molecule has 1 aliphatic heterocycles. The second-order valence-electron chi connectivity index (χ2n) is 2.22. The van der Waals surface area contributed by atoms with Gasteiger partial charge in [-0.1, -0.05) is 0 Å². The predicted molar refractivity (Wildman–Crippen MR) is 32.3 cm³/mol. The number of fused-ring (bicyclic) bond motifs is 1. The fourth-order valence-corrected chi connectivity index (χ4v) is 1.04. The molecule has 0 N–H and O–H groups in total. The van der Waals surface area contributed by atoms with Gasteiger partial charge in [0.05, 0.1) is 12.8 Å². The molecule has 0 atom stereocenters. The van der Waals surface area contributed by atoms with Crippen LogP contribution in [0.5, 0.6) is 5.88 Å². The average Bonchev–Trinajstić information content (AvgIpc) is 2.34. The first-order chi connectivity index (χ1) is 4.88. The molecule has 0 spiro atoms. The maximum atomic E-state index is 12.6. The molecular formula is C6H7FN2O. The summed E-state index contributed by atoms with van der Waals surface area (Å²) in [6.07, 6.45) is 2.09. The van der Waals surface area contributed by atoms with E-state index in [0.717, 1.165) is 13.0 Å². The maximum Gasteiger partial charge on any atom is 0.248 e. The second-order valence-corrected chi connectivity index (χ2v) is 2.22. The molecule has 0 fully saturated rings. The molecule has 3 nitrogen and oxygen atoms in total. The lowest BCUT2D eigenvalue weighted by molar-refractivity contribution is 0.220. The summed E-state index contributed by atoms with van der Waals surface area (Å²) in [6.45, 7) is 1.36. The van der Waals surface area contributed by atoms with E-state index in [-0.39, 0.29) is 11.7 Å². The van der Waals surface area contributed by atoms with Gasteiger partial charge in [0, 0.05) is 13.0 Å². The summed E-state index contributed by atoms with van der Waals surface area (Å²) in [6, 6.07) is 0. The first kappa shape index (κ1) is 5.70. The van der Waals surface area contributed by atoms with Crippen LogP contribution in [-0.4, -0.2) is 16.4 Å². The van der Waals surface area contributed by atoms with Crippen LogP contribution < -0.4 is 4.74 Å². The molecule has 0 unspecified atom stereocenters. The highest BCUT2D eigenvalue weighted by Gasteiger charge is 2.15. The van der Waals surface area contributed by atoms with Gasteiger partial charge in [-0.25, -0.2) is 4.68 Å². The topological polar surface area (TPSA) is 27.1 Å². The number of hydrogen-bond acceptors (Lipinski definition) is 2. The van der Waals surface area contributed by atoms with E-state index >= 15 is 0 Å². The van der Waals surface area contributed by atoms with Gasteiger partial charge >= 0.3 is 0 Å². The van der Waals surface area contributed by atoms with Gasteiger partial charge in [0.2, 0.25) is 11.7 Å². The first-order valence-electron chi connectivity index (χ1n) is 3.22. The van der Waals surface area contributed by atoms with Gasteiger partial charge in [0.1, 0.15) is 0 Å². The van der Waals surface area contributed by atoms with Gasteiger partial charge in [0.25, 0.3) is 0 Å². The zero-order valence-electron chi connectivity index (χ0n) is 5.38. The van der Waals surface area contributed by atoms with Gasteiger partial charge in [-0.3, -0.25) is 0 Å². The van der Waals surface area contributed by atoms with E-state index in [1.54, 1.807) is 4.68 Å². The highest BCUT2D eigenvalue weighted by atomic mass is 19.1. The minimum Gasteiger partial charge on any atom is -0.476 e. The van der Waals surface area contributed by atoms with Crippen molar-refractivity contribution >= 4 is 0 Å². The lowest BCUT2D eigenvalue weighted by atomic mass is 10.4. The molecule has 0 radical (unpaired) electrons. The van der Waals surface area contributed by atoms with Gasteiger partial charge in [-0.15, -0.1) is 0 Å². The molecule has 4 heteroatoms. The molecular weight excluding hydrogens is 135 g/mol. The van der Waals surface area contributed by atoms with Crippen molar-refractivity contribution in [1.82, 2.24) is 9.78 Å². The lowest BCUT2D eigenvalue weighted by Gasteiger charge is -2.13. The van der Waals surface area contributed by atoms with Crippen molar-refractivity contribution in [2.24, 2.45) is 0 Å². The van der Waals surface area contributed by atoms with Crippen molar-refractivity contribution in [2.45, 2.75) is 13.0 Å². The molecule has 0 bridgehead atoms. The number of aryl methyl sites for hydroxylation is 1. The normalized spacial score (nSPS) is 16.1. The zero-order chi connectivity index (χ0) is 6.97. The van der Waals surface area contributed by atoms with Crippen LogP contribution >= 0.6 is 0 Å². The minimum absolute atomic E-state index is 0.284. The summed E-state index contributed by atoms with van der Waals surface area (Å²) in [5.41, 5.74) is 0. The van der Waals surface area contributed by atoms with Crippen LogP contribution in [0, 0.1) is 5.82 Å². The van der Waals surface area contributed by atoms with E-state index in [2.05, 4.69) is 5.10 Å². The van der Waals surface area contributed by atoms with Gasteiger partial charge in [0.15, 0.2) is 0 Å². The fraction of sp³-hybridized carbons (Fsp3) is 0.500. The standard InChI is InChI=1S/C6H7FN2O/c7-5-4-8-9-2-1-3-10-6(5)9/h4H,1-3H2. The molecule has 2 rings (SSSR count). The number of rotatable bonds is 0. The molecule has 0 amide bonds. The Morgan fingerprint density at radius 1 is 1.70 bits per heavy atom. The number of halogens is 1. The molecule has 10 heavy (non-hydrogen) atoms. The quantitative estimate of drug-likeness (QED) is 0.535. The van der Waals surface area contributed by atoms with E-state index in [4.69, 9.17) is 4.74 Å². The molecule has 0 saturated heterocycles. The van der Waals surface area contributed by atoms with Crippen LogP contribution in [-0.2, 0) is 6.54 Å². The van der Waals surface area contributed by atoms with Crippen LogP contribution in [0.3, 0.4) is 0 Å². The predicted octanol–water partition coefficient (Wildman–Crippen LogP) is 0.805. The van der Waals surface area contributed by atoms with E-state index in [1.807, 2.05) is 0 Å². The van der Waals surface area contributed by atoms with Crippen molar-refractivity contribution in [3.8, 4) is 5.88 Å². The molecule has 54 valence electrons. The summed E-state index contributed by atoms with van der Waals surface area (Å²) in [5, 5.41) is 3.77. The van der Waals surface area contributed by atoms with Crippen LogP contribution in [0.2, 0.25) is 0 Å². The van der Waals surface area contributed by atoms with Crippen molar-refractivity contribution in [1.29, 1.82) is 0 Å². The highest BCUT2D eigenvalue weighted by Crippen LogP contribution is 2.19. The fourth-order valence-electron chi connectivity index (χ4n) is 1.04. The third-order valence-corrected chi connectivity index (χ3v) is 1.50. The largest absolute Gasteiger partial charge is 0.476 e. The van der Waals surface area contributed by atoms with Crippen molar-refractivity contribution in [2.75, 3.05) is 6.61 Å². The van der Waals surface area contributed by atoms with Crippen molar-refractivity contribution in [3.63, 3.8) is 0 Å². The Labute approximate surface area is 57.4 Å². The second kappa shape index (κ2) is 1.97.